The van der Waals surface area contributed by atoms with Crippen LogP contribution < -0.4 is 0 Å². The Morgan fingerprint density at radius 2 is 2.24 bits per heavy atom. The molecule has 4 rings (SSSR count). The van der Waals surface area contributed by atoms with E-state index in [9.17, 15) is 0 Å². The number of rotatable bonds is 0. The van der Waals surface area contributed by atoms with Crippen LogP contribution in [0.3, 0.4) is 0 Å². The van der Waals surface area contributed by atoms with E-state index in [4.69, 9.17) is 4.99 Å². The SMILES string of the molecule is Brc1cc(I)cc2c1CN1C(=N2)C2CCC1C2. The monoisotopic (exact) mass is 402 g/mol. The number of benzene rings is 1. The third kappa shape index (κ3) is 1.52. The van der Waals surface area contributed by atoms with Gasteiger partial charge in [0, 0.05) is 32.1 Å². The zero-order valence-corrected chi connectivity index (χ0v) is 13.0. The molecule has 2 nitrogen and oxygen atoms in total. The van der Waals surface area contributed by atoms with E-state index in [-0.39, 0.29) is 0 Å². The Balaban J connectivity index is 1.87. The van der Waals surface area contributed by atoms with Gasteiger partial charge in [-0.3, -0.25) is 0 Å². The quantitative estimate of drug-likeness (QED) is 0.597. The highest BCUT2D eigenvalue weighted by atomic mass is 127. The van der Waals surface area contributed by atoms with Crippen molar-refractivity contribution in [1.82, 2.24) is 4.90 Å². The van der Waals surface area contributed by atoms with Gasteiger partial charge in [-0.15, -0.1) is 0 Å². The van der Waals surface area contributed by atoms with Crippen molar-refractivity contribution < 1.29 is 0 Å². The first-order valence-electron chi connectivity index (χ1n) is 6.05. The van der Waals surface area contributed by atoms with Gasteiger partial charge in [0.05, 0.1) is 5.69 Å². The third-order valence-electron chi connectivity index (χ3n) is 4.21. The maximum Gasteiger partial charge on any atom is 0.109 e. The van der Waals surface area contributed by atoms with E-state index >= 15 is 0 Å². The Kier molecular flexibility index (Phi) is 2.35. The number of piperidine rings is 1. The van der Waals surface area contributed by atoms with E-state index < -0.39 is 0 Å². The summed E-state index contributed by atoms with van der Waals surface area (Å²) in [4.78, 5) is 7.46. The molecule has 2 bridgehead atoms. The lowest BCUT2D eigenvalue weighted by atomic mass is 10.0. The summed E-state index contributed by atoms with van der Waals surface area (Å²) < 4.78 is 2.47. The highest BCUT2D eigenvalue weighted by Gasteiger charge is 2.44. The van der Waals surface area contributed by atoms with E-state index in [1.807, 2.05) is 0 Å². The van der Waals surface area contributed by atoms with Crippen LogP contribution in [-0.2, 0) is 6.54 Å². The summed E-state index contributed by atoms with van der Waals surface area (Å²) in [6, 6.07) is 5.16. The Labute approximate surface area is 123 Å². The molecule has 0 aromatic heterocycles. The van der Waals surface area contributed by atoms with Crippen LogP contribution in [0.1, 0.15) is 24.8 Å². The highest BCUT2D eigenvalue weighted by molar-refractivity contribution is 14.1. The molecule has 2 unspecified atom stereocenters. The van der Waals surface area contributed by atoms with Crippen molar-refractivity contribution in [3.05, 3.63) is 25.7 Å². The van der Waals surface area contributed by atoms with Gasteiger partial charge in [-0.1, -0.05) is 15.9 Å². The summed E-state index contributed by atoms with van der Waals surface area (Å²) in [5, 5.41) is 0. The van der Waals surface area contributed by atoms with Gasteiger partial charge in [-0.2, -0.15) is 0 Å². The molecular weight excluding hydrogens is 391 g/mol. The molecule has 88 valence electrons. The van der Waals surface area contributed by atoms with Gasteiger partial charge in [-0.25, -0.2) is 4.99 Å². The van der Waals surface area contributed by atoms with Gasteiger partial charge in [0.25, 0.3) is 0 Å². The molecule has 2 fully saturated rings. The third-order valence-corrected chi connectivity index (χ3v) is 5.54. The van der Waals surface area contributed by atoms with Gasteiger partial charge < -0.3 is 4.90 Å². The Hall–Kier alpha value is -0.100. The van der Waals surface area contributed by atoms with E-state index in [2.05, 4.69) is 55.6 Å². The summed E-state index contributed by atoms with van der Waals surface area (Å²) in [5.74, 6) is 2.10. The average molecular weight is 403 g/mol. The normalized spacial score (nSPS) is 29.1. The zero-order chi connectivity index (χ0) is 11.6. The first-order chi connectivity index (χ1) is 8.22. The molecule has 1 aliphatic carbocycles. The standard InChI is InChI=1S/C13H12BrIN2/c14-11-4-8(15)5-12-10(11)6-17-9-2-1-7(3-9)13(17)16-12/h4-5,7,9H,1-3,6H2. The van der Waals surface area contributed by atoms with Crippen LogP contribution in [0.2, 0.25) is 0 Å². The minimum absolute atomic E-state index is 0.741. The molecule has 1 aromatic rings. The Bertz CT molecular complexity index is 540. The molecule has 1 aromatic carbocycles. The average Bonchev–Trinajstić information content (AvgIpc) is 2.87. The summed E-state index contributed by atoms with van der Waals surface area (Å²) in [5.41, 5.74) is 2.55. The molecule has 4 heteroatoms. The van der Waals surface area contributed by atoms with Crippen molar-refractivity contribution in [1.29, 1.82) is 0 Å². The number of hydrogen-bond acceptors (Lipinski definition) is 2. The van der Waals surface area contributed by atoms with E-state index in [0.717, 1.165) is 18.5 Å². The Morgan fingerprint density at radius 1 is 1.35 bits per heavy atom. The topological polar surface area (TPSA) is 15.6 Å². The number of aliphatic imine (C=N–C) groups is 1. The van der Waals surface area contributed by atoms with Gasteiger partial charge in [-0.05, 0) is 54.0 Å². The smallest absolute Gasteiger partial charge is 0.109 e. The van der Waals surface area contributed by atoms with E-state index in [0.29, 0.717) is 0 Å². The van der Waals surface area contributed by atoms with Gasteiger partial charge in [0.15, 0.2) is 0 Å². The number of nitrogens with zero attached hydrogens (tertiary/aromatic N) is 2. The fourth-order valence-corrected chi connectivity index (χ4v) is 5.01. The van der Waals surface area contributed by atoms with Crippen molar-refractivity contribution >= 4 is 50.0 Å². The molecule has 0 amide bonds. The lowest BCUT2D eigenvalue weighted by molar-refractivity contribution is 0.316. The molecule has 1 saturated heterocycles. The molecule has 1 saturated carbocycles. The predicted molar refractivity (Wildman–Crippen MR) is 80.6 cm³/mol. The number of amidine groups is 1. The van der Waals surface area contributed by atoms with E-state index in [1.165, 1.54) is 44.4 Å². The Morgan fingerprint density at radius 3 is 3.12 bits per heavy atom. The molecule has 2 atom stereocenters. The van der Waals surface area contributed by atoms with E-state index in [1.54, 1.807) is 0 Å². The second kappa shape index (κ2) is 3.70. The largest absolute Gasteiger partial charge is 0.352 e. The lowest BCUT2D eigenvalue weighted by Crippen LogP contribution is -2.38. The number of halogens is 2. The molecule has 2 aliphatic heterocycles. The van der Waals surface area contributed by atoms with Crippen LogP contribution in [0.4, 0.5) is 5.69 Å². The molecule has 0 spiro atoms. The zero-order valence-electron chi connectivity index (χ0n) is 9.29. The number of fused-ring (bicyclic) bond motifs is 6. The van der Waals surface area contributed by atoms with Crippen molar-refractivity contribution in [2.45, 2.75) is 31.8 Å². The second-order valence-electron chi connectivity index (χ2n) is 5.15. The lowest BCUT2D eigenvalue weighted by Gasteiger charge is -2.34. The molecule has 0 radical (unpaired) electrons. The maximum atomic E-state index is 4.92. The van der Waals surface area contributed by atoms with Crippen LogP contribution >= 0.6 is 38.5 Å². The van der Waals surface area contributed by atoms with Crippen LogP contribution in [0.15, 0.2) is 21.6 Å². The fraction of sp³-hybridized carbons (Fsp3) is 0.462. The van der Waals surface area contributed by atoms with Crippen LogP contribution in [0.25, 0.3) is 0 Å². The molecule has 2 heterocycles. The second-order valence-corrected chi connectivity index (χ2v) is 7.25. The van der Waals surface area contributed by atoms with Crippen molar-refractivity contribution in [2.75, 3.05) is 0 Å². The first-order valence-corrected chi connectivity index (χ1v) is 7.92. The van der Waals surface area contributed by atoms with Gasteiger partial charge in [0.2, 0.25) is 0 Å². The first kappa shape index (κ1) is 10.8. The predicted octanol–water partition coefficient (Wildman–Crippen LogP) is 4.08. The molecule has 17 heavy (non-hydrogen) atoms. The molecule has 0 N–H and O–H groups in total. The van der Waals surface area contributed by atoms with Crippen LogP contribution in [-0.4, -0.2) is 16.8 Å². The van der Waals surface area contributed by atoms with Crippen LogP contribution in [0.5, 0.6) is 0 Å². The molecule has 3 aliphatic rings. The maximum absolute atomic E-state index is 4.92. The summed E-state index contributed by atoms with van der Waals surface area (Å²) in [7, 11) is 0. The minimum atomic E-state index is 0.741. The summed E-state index contributed by atoms with van der Waals surface area (Å²) >= 11 is 6.04. The summed E-state index contributed by atoms with van der Waals surface area (Å²) in [6.45, 7) is 1.05. The fourth-order valence-electron chi connectivity index (χ4n) is 3.40. The summed E-state index contributed by atoms with van der Waals surface area (Å²) in [6.07, 6.45) is 4.04. The number of hydrogen-bond donors (Lipinski definition) is 0. The van der Waals surface area contributed by atoms with Gasteiger partial charge in [0.1, 0.15) is 5.84 Å². The highest BCUT2D eigenvalue weighted by Crippen LogP contribution is 2.45. The van der Waals surface area contributed by atoms with Crippen LogP contribution in [0, 0.1) is 9.49 Å². The van der Waals surface area contributed by atoms with Crippen molar-refractivity contribution in [3.63, 3.8) is 0 Å². The molecular formula is C13H12BrIN2. The van der Waals surface area contributed by atoms with Gasteiger partial charge >= 0.3 is 0 Å². The van der Waals surface area contributed by atoms with Crippen molar-refractivity contribution in [3.8, 4) is 0 Å². The minimum Gasteiger partial charge on any atom is -0.352 e. The van der Waals surface area contributed by atoms with Crippen molar-refractivity contribution in [2.24, 2.45) is 10.9 Å².